The van der Waals surface area contributed by atoms with Gasteiger partial charge in [0.2, 0.25) is 0 Å². The molecule has 1 amide bonds. The molecule has 122 valence electrons. The Kier molecular flexibility index (Phi) is 4.71. The molecular formula is C17H23N5O. The number of nitrogens with one attached hydrogen (secondary N) is 1. The van der Waals surface area contributed by atoms with Crippen LogP contribution >= 0.6 is 0 Å². The van der Waals surface area contributed by atoms with Crippen molar-refractivity contribution < 1.29 is 4.79 Å². The van der Waals surface area contributed by atoms with Gasteiger partial charge in [0.15, 0.2) is 5.69 Å². The van der Waals surface area contributed by atoms with Crippen LogP contribution in [0.2, 0.25) is 0 Å². The van der Waals surface area contributed by atoms with Crippen LogP contribution in [-0.2, 0) is 0 Å². The zero-order chi connectivity index (χ0) is 16.2. The molecule has 1 aromatic heterocycles. The summed E-state index contributed by atoms with van der Waals surface area (Å²) in [5, 5.41) is 10.9. The number of aromatic nitrogens is 3. The Morgan fingerprint density at radius 3 is 2.83 bits per heavy atom. The molecule has 1 unspecified atom stereocenters. The van der Waals surface area contributed by atoms with Crippen LogP contribution in [0.3, 0.4) is 0 Å². The van der Waals surface area contributed by atoms with Gasteiger partial charge in [-0.3, -0.25) is 4.79 Å². The van der Waals surface area contributed by atoms with Crippen LogP contribution < -0.4 is 5.32 Å². The number of hydrogen-bond acceptors (Lipinski definition) is 4. The van der Waals surface area contributed by atoms with E-state index in [0.717, 1.165) is 18.7 Å². The molecule has 0 spiro atoms. The zero-order valence-electron chi connectivity index (χ0n) is 13.7. The van der Waals surface area contributed by atoms with Gasteiger partial charge in [0.1, 0.15) is 0 Å². The first-order chi connectivity index (χ1) is 11.1. The first-order valence-corrected chi connectivity index (χ1v) is 8.11. The maximum atomic E-state index is 12.2. The van der Waals surface area contributed by atoms with Crippen molar-refractivity contribution in [3.63, 3.8) is 0 Å². The highest BCUT2D eigenvalue weighted by atomic mass is 16.2. The third-order valence-electron chi connectivity index (χ3n) is 4.46. The van der Waals surface area contributed by atoms with E-state index in [-0.39, 0.29) is 5.91 Å². The monoisotopic (exact) mass is 313 g/mol. The maximum Gasteiger partial charge on any atom is 0.273 e. The predicted molar refractivity (Wildman–Crippen MR) is 88.7 cm³/mol. The fourth-order valence-electron chi connectivity index (χ4n) is 2.98. The molecule has 2 heterocycles. The smallest absolute Gasteiger partial charge is 0.273 e. The largest absolute Gasteiger partial charge is 0.351 e. The van der Waals surface area contributed by atoms with Gasteiger partial charge in [-0.05, 0) is 51.9 Å². The van der Waals surface area contributed by atoms with Crippen LogP contribution in [0, 0.1) is 6.92 Å². The molecule has 6 heteroatoms. The molecule has 0 saturated carbocycles. The summed E-state index contributed by atoms with van der Waals surface area (Å²) in [4.78, 5) is 14.5. The molecular weight excluding hydrogens is 290 g/mol. The average molecular weight is 313 g/mol. The molecule has 6 nitrogen and oxygen atoms in total. The van der Waals surface area contributed by atoms with Crippen molar-refractivity contribution in [3.05, 3.63) is 41.7 Å². The number of hydrogen-bond donors (Lipinski definition) is 1. The lowest BCUT2D eigenvalue weighted by molar-refractivity contribution is 0.0945. The highest BCUT2D eigenvalue weighted by molar-refractivity contribution is 5.91. The zero-order valence-corrected chi connectivity index (χ0v) is 13.7. The Morgan fingerprint density at radius 2 is 2.13 bits per heavy atom. The van der Waals surface area contributed by atoms with Gasteiger partial charge in [0, 0.05) is 12.6 Å². The molecule has 1 aliphatic heterocycles. The predicted octanol–water partition coefficient (Wildman–Crippen LogP) is 1.79. The summed E-state index contributed by atoms with van der Waals surface area (Å²) < 4.78 is 1.62. The quantitative estimate of drug-likeness (QED) is 0.914. The number of carbonyl (C=O) groups excluding carboxylic acids is 1. The van der Waals surface area contributed by atoms with Gasteiger partial charge in [0.25, 0.3) is 5.91 Å². The summed E-state index contributed by atoms with van der Waals surface area (Å²) in [7, 11) is 2.15. The maximum absolute atomic E-state index is 12.2. The summed E-state index contributed by atoms with van der Waals surface area (Å²) in [6.07, 6.45) is 5.12. The molecule has 1 N–H and O–H groups in total. The van der Waals surface area contributed by atoms with E-state index in [1.165, 1.54) is 18.4 Å². The van der Waals surface area contributed by atoms with Crippen molar-refractivity contribution in [3.8, 4) is 5.69 Å². The molecule has 1 fully saturated rings. The van der Waals surface area contributed by atoms with Gasteiger partial charge in [-0.15, -0.1) is 5.10 Å². The molecule has 1 aromatic carbocycles. The molecule has 1 aliphatic rings. The normalized spacial score (nSPS) is 18.3. The second-order valence-corrected chi connectivity index (χ2v) is 6.21. The highest BCUT2D eigenvalue weighted by Gasteiger charge is 2.20. The Morgan fingerprint density at radius 1 is 1.35 bits per heavy atom. The first-order valence-electron chi connectivity index (χ1n) is 8.11. The number of likely N-dealkylation sites (tertiary alicyclic amines) is 1. The number of rotatable bonds is 5. The number of benzene rings is 1. The van der Waals surface area contributed by atoms with Gasteiger partial charge in [-0.25, -0.2) is 4.68 Å². The minimum absolute atomic E-state index is 0.163. The van der Waals surface area contributed by atoms with Gasteiger partial charge >= 0.3 is 0 Å². The second kappa shape index (κ2) is 6.91. The van der Waals surface area contributed by atoms with Crippen LogP contribution in [0.4, 0.5) is 0 Å². The van der Waals surface area contributed by atoms with Crippen molar-refractivity contribution in [2.45, 2.75) is 32.2 Å². The average Bonchev–Trinajstić information content (AvgIpc) is 3.18. The number of nitrogens with zero attached hydrogens (tertiary/aromatic N) is 4. The van der Waals surface area contributed by atoms with Crippen molar-refractivity contribution in [2.75, 3.05) is 20.1 Å². The Hall–Kier alpha value is -2.21. The summed E-state index contributed by atoms with van der Waals surface area (Å²) in [6.45, 7) is 3.86. The Balaban J connectivity index is 1.55. The third-order valence-corrected chi connectivity index (χ3v) is 4.46. The van der Waals surface area contributed by atoms with Crippen molar-refractivity contribution in [1.29, 1.82) is 0 Å². The Bertz CT molecular complexity index is 664. The lowest BCUT2D eigenvalue weighted by Crippen LogP contribution is -2.31. The summed E-state index contributed by atoms with van der Waals surface area (Å²) in [5.41, 5.74) is 2.43. The second-order valence-electron chi connectivity index (χ2n) is 6.21. The lowest BCUT2D eigenvalue weighted by Gasteiger charge is -2.18. The lowest BCUT2D eigenvalue weighted by atomic mass is 10.1. The summed E-state index contributed by atoms with van der Waals surface area (Å²) in [6, 6.07) is 8.52. The SMILES string of the molecule is Cc1ccc(-n2cc(C(=O)NCCC3CCCN3C)nn2)cc1. The molecule has 1 saturated heterocycles. The van der Waals surface area contributed by atoms with E-state index in [4.69, 9.17) is 0 Å². The molecule has 0 aliphatic carbocycles. The first kappa shape index (κ1) is 15.7. The van der Waals surface area contributed by atoms with E-state index in [1.54, 1.807) is 10.9 Å². The molecule has 0 radical (unpaired) electrons. The van der Waals surface area contributed by atoms with Crippen molar-refractivity contribution in [1.82, 2.24) is 25.2 Å². The van der Waals surface area contributed by atoms with Crippen molar-refractivity contribution in [2.24, 2.45) is 0 Å². The van der Waals surface area contributed by atoms with E-state index in [1.807, 2.05) is 31.2 Å². The standard InChI is InChI=1S/C17H23N5O/c1-13-5-7-15(8-6-13)22-12-16(19-20-22)17(23)18-10-9-14-4-3-11-21(14)2/h5-8,12,14H,3-4,9-11H2,1-2H3,(H,18,23). The summed E-state index contributed by atoms with van der Waals surface area (Å²) >= 11 is 0. The van der Waals surface area contributed by atoms with E-state index >= 15 is 0 Å². The molecule has 0 bridgehead atoms. The van der Waals surface area contributed by atoms with Crippen LogP contribution in [0.15, 0.2) is 30.5 Å². The van der Waals surface area contributed by atoms with Gasteiger partial charge in [0.05, 0.1) is 11.9 Å². The van der Waals surface area contributed by atoms with Gasteiger partial charge in [-0.1, -0.05) is 22.9 Å². The minimum Gasteiger partial charge on any atom is -0.351 e. The van der Waals surface area contributed by atoms with E-state index < -0.39 is 0 Å². The molecule has 3 rings (SSSR count). The summed E-state index contributed by atoms with van der Waals surface area (Å²) in [5.74, 6) is -0.163. The van der Waals surface area contributed by atoms with Gasteiger partial charge in [-0.2, -0.15) is 0 Å². The Labute approximate surface area is 136 Å². The van der Waals surface area contributed by atoms with E-state index in [9.17, 15) is 4.79 Å². The third kappa shape index (κ3) is 3.76. The fourth-order valence-corrected chi connectivity index (χ4v) is 2.98. The van der Waals surface area contributed by atoms with Gasteiger partial charge < -0.3 is 10.2 Å². The van der Waals surface area contributed by atoms with Crippen LogP contribution in [-0.4, -0.2) is 52.0 Å². The van der Waals surface area contributed by atoms with Crippen molar-refractivity contribution >= 4 is 5.91 Å². The topological polar surface area (TPSA) is 63.1 Å². The number of carbonyl (C=O) groups is 1. The number of aryl methyl sites for hydroxylation is 1. The van der Waals surface area contributed by atoms with Crippen LogP contribution in [0.1, 0.15) is 35.3 Å². The number of amides is 1. The van der Waals surface area contributed by atoms with Crippen LogP contribution in [0.5, 0.6) is 0 Å². The fraction of sp³-hybridized carbons (Fsp3) is 0.471. The molecule has 2 aromatic rings. The van der Waals surface area contributed by atoms with Crippen LogP contribution in [0.25, 0.3) is 5.69 Å². The minimum atomic E-state index is -0.163. The molecule has 1 atom stereocenters. The van der Waals surface area contributed by atoms with E-state index in [0.29, 0.717) is 18.3 Å². The highest BCUT2D eigenvalue weighted by Crippen LogP contribution is 2.17. The van der Waals surface area contributed by atoms with E-state index in [2.05, 4.69) is 27.6 Å². The molecule has 23 heavy (non-hydrogen) atoms.